The fraction of sp³-hybridized carbons (Fsp3) is 0.568. The molecule has 0 aliphatic heterocycles. The molecule has 258 valence electrons. The fourth-order valence-electron chi connectivity index (χ4n) is 5.48. The van der Waals surface area contributed by atoms with Crippen LogP contribution < -0.4 is 10.6 Å². The number of hydrogen-bond acceptors (Lipinski definition) is 7. The molecule has 1 fully saturated rings. The smallest absolute Gasteiger partial charge is 0.408 e. The van der Waals surface area contributed by atoms with E-state index in [4.69, 9.17) is 9.47 Å². The summed E-state index contributed by atoms with van der Waals surface area (Å²) in [6, 6.07) is 10.5. The zero-order chi connectivity index (χ0) is 35.3. The Morgan fingerprint density at radius 1 is 0.894 bits per heavy atom. The van der Waals surface area contributed by atoms with E-state index < -0.39 is 53.2 Å². The quantitative estimate of drug-likeness (QED) is 0.240. The van der Waals surface area contributed by atoms with E-state index in [2.05, 4.69) is 10.6 Å². The lowest BCUT2D eigenvalue weighted by Gasteiger charge is -2.36. The van der Waals surface area contributed by atoms with Crippen molar-refractivity contribution in [3.8, 4) is 5.75 Å². The summed E-state index contributed by atoms with van der Waals surface area (Å²) in [6.07, 6.45) is 0.325. The van der Waals surface area contributed by atoms with Crippen LogP contribution in [0.4, 0.5) is 4.79 Å². The van der Waals surface area contributed by atoms with Gasteiger partial charge in [0.05, 0.1) is 0 Å². The number of carbonyl (C=O) groups excluding carboxylic acids is 4. The molecule has 5 unspecified atom stereocenters. The van der Waals surface area contributed by atoms with Crippen LogP contribution >= 0.6 is 0 Å². The summed E-state index contributed by atoms with van der Waals surface area (Å²) >= 11 is 0. The Bertz CT molecular complexity index is 1410. The molecule has 0 heterocycles. The zero-order valence-corrected chi connectivity index (χ0v) is 29.5. The fourth-order valence-corrected chi connectivity index (χ4v) is 5.48. The summed E-state index contributed by atoms with van der Waals surface area (Å²) in [4.78, 5) is 57.1. The maximum atomic E-state index is 14.6. The molecule has 0 spiro atoms. The number of nitrogens with one attached hydrogen (secondary N) is 2. The third kappa shape index (κ3) is 11.0. The number of aromatic hydroxyl groups is 1. The first-order valence-electron chi connectivity index (χ1n) is 16.4. The van der Waals surface area contributed by atoms with E-state index in [0.717, 1.165) is 5.56 Å². The number of hydrogen-bond donors (Lipinski definition) is 3. The molecule has 3 amide bonds. The SMILES string of the molecule is Cc1cccc(C(C(=O)NC(Cc2ccccc2)C(=O)OC(C)(C)C)N(C(=O)C(CC(C)C)NC(=O)OC(C)(C)C)C2CC2C)c1O. The van der Waals surface area contributed by atoms with Crippen LogP contribution in [0.1, 0.15) is 97.9 Å². The molecule has 0 bridgehead atoms. The van der Waals surface area contributed by atoms with Crippen LogP contribution in [0.2, 0.25) is 0 Å². The van der Waals surface area contributed by atoms with Crippen LogP contribution in [0.25, 0.3) is 0 Å². The second-order valence-corrected chi connectivity index (χ2v) is 15.1. The summed E-state index contributed by atoms with van der Waals surface area (Å²) in [5.74, 6) is -1.80. The number of aryl methyl sites for hydroxylation is 1. The van der Waals surface area contributed by atoms with Gasteiger partial charge in [0.1, 0.15) is 35.1 Å². The summed E-state index contributed by atoms with van der Waals surface area (Å²) < 4.78 is 11.2. The minimum Gasteiger partial charge on any atom is -0.507 e. The van der Waals surface area contributed by atoms with Crippen LogP contribution in [-0.4, -0.2) is 63.2 Å². The molecule has 5 atom stereocenters. The molecule has 47 heavy (non-hydrogen) atoms. The van der Waals surface area contributed by atoms with E-state index >= 15 is 0 Å². The van der Waals surface area contributed by atoms with Crippen molar-refractivity contribution in [2.45, 2.75) is 124 Å². The molecule has 2 aromatic rings. The molecule has 1 saturated carbocycles. The number of esters is 1. The van der Waals surface area contributed by atoms with E-state index in [1.165, 1.54) is 4.90 Å². The van der Waals surface area contributed by atoms with Gasteiger partial charge in [0, 0.05) is 18.0 Å². The van der Waals surface area contributed by atoms with Gasteiger partial charge in [-0.3, -0.25) is 9.59 Å². The summed E-state index contributed by atoms with van der Waals surface area (Å²) in [7, 11) is 0. The van der Waals surface area contributed by atoms with E-state index in [1.54, 1.807) is 66.7 Å². The van der Waals surface area contributed by atoms with Crippen molar-refractivity contribution >= 4 is 23.9 Å². The maximum Gasteiger partial charge on any atom is 0.408 e. The Kier molecular flexibility index (Phi) is 12.1. The zero-order valence-electron chi connectivity index (χ0n) is 29.5. The van der Waals surface area contributed by atoms with Gasteiger partial charge in [-0.25, -0.2) is 9.59 Å². The molecule has 10 heteroatoms. The van der Waals surface area contributed by atoms with Crippen molar-refractivity contribution < 1.29 is 33.8 Å². The number of amides is 3. The lowest BCUT2D eigenvalue weighted by molar-refractivity contribution is -0.159. The second-order valence-electron chi connectivity index (χ2n) is 15.1. The molecule has 0 aromatic heterocycles. The van der Waals surface area contributed by atoms with Gasteiger partial charge in [-0.15, -0.1) is 0 Å². The topological polar surface area (TPSA) is 134 Å². The molecular formula is C37H53N3O7. The number of ether oxygens (including phenoxy) is 2. The van der Waals surface area contributed by atoms with Gasteiger partial charge in [-0.1, -0.05) is 69.3 Å². The van der Waals surface area contributed by atoms with Crippen molar-refractivity contribution in [1.82, 2.24) is 15.5 Å². The van der Waals surface area contributed by atoms with Crippen molar-refractivity contribution in [1.29, 1.82) is 0 Å². The van der Waals surface area contributed by atoms with E-state index in [0.29, 0.717) is 18.4 Å². The van der Waals surface area contributed by atoms with Crippen molar-refractivity contribution in [2.75, 3.05) is 0 Å². The molecule has 3 rings (SSSR count). The number of alkyl carbamates (subject to hydrolysis) is 1. The summed E-state index contributed by atoms with van der Waals surface area (Å²) in [5, 5.41) is 16.9. The van der Waals surface area contributed by atoms with Gasteiger partial charge < -0.3 is 30.1 Å². The van der Waals surface area contributed by atoms with E-state index in [-0.39, 0.29) is 35.6 Å². The first-order chi connectivity index (χ1) is 21.8. The Morgan fingerprint density at radius 3 is 2.02 bits per heavy atom. The average Bonchev–Trinajstić information content (AvgIpc) is 3.66. The first kappa shape index (κ1) is 37.4. The highest BCUT2D eigenvalue weighted by atomic mass is 16.6. The lowest BCUT2D eigenvalue weighted by atomic mass is 9.96. The van der Waals surface area contributed by atoms with Gasteiger partial charge in [0.25, 0.3) is 0 Å². The standard InChI is InChI=1S/C37H53N3O7/c1-22(2)19-27(39-35(45)47-37(8,9)10)33(43)40(29-20-24(29)4)30(26-18-14-15-23(3)31(26)41)32(42)38-28(34(44)46-36(5,6)7)21-25-16-12-11-13-17-25/h11-18,22,24,27-30,41H,19-21H2,1-10H3,(H,38,42)(H,39,45). The summed E-state index contributed by atoms with van der Waals surface area (Å²) in [6.45, 7) is 18.0. The monoisotopic (exact) mass is 651 g/mol. The van der Waals surface area contributed by atoms with E-state index in [9.17, 15) is 24.3 Å². The highest BCUT2D eigenvalue weighted by molar-refractivity contribution is 5.94. The third-order valence-electron chi connectivity index (χ3n) is 7.76. The number of para-hydroxylation sites is 1. The first-order valence-corrected chi connectivity index (χ1v) is 16.4. The van der Waals surface area contributed by atoms with Gasteiger partial charge in [0.2, 0.25) is 11.8 Å². The molecule has 0 radical (unpaired) electrons. The highest BCUT2D eigenvalue weighted by Gasteiger charge is 2.49. The van der Waals surface area contributed by atoms with Crippen molar-refractivity contribution in [2.24, 2.45) is 11.8 Å². The average molecular weight is 652 g/mol. The van der Waals surface area contributed by atoms with E-state index in [1.807, 2.05) is 51.1 Å². The summed E-state index contributed by atoms with van der Waals surface area (Å²) in [5.41, 5.74) is -0.0478. The molecule has 0 saturated heterocycles. The highest BCUT2D eigenvalue weighted by Crippen LogP contribution is 2.43. The van der Waals surface area contributed by atoms with Gasteiger partial charge in [-0.05, 0) is 84.3 Å². The predicted molar refractivity (Wildman–Crippen MR) is 181 cm³/mol. The Balaban J connectivity index is 2.11. The minimum absolute atomic E-state index is 0.0134. The lowest BCUT2D eigenvalue weighted by Crippen LogP contribution is -2.56. The van der Waals surface area contributed by atoms with Gasteiger partial charge >= 0.3 is 12.1 Å². The number of benzene rings is 2. The van der Waals surface area contributed by atoms with Crippen LogP contribution in [0, 0.1) is 18.8 Å². The largest absolute Gasteiger partial charge is 0.507 e. The normalized spacial score (nSPS) is 18.0. The Morgan fingerprint density at radius 2 is 1.49 bits per heavy atom. The van der Waals surface area contributed by atoms with Gasteiger partial charge in [-0.2, -0.15) is 0 Å². The molecule has 10 nitrogen and oxygen atoms in total. The van der Waals surface area contributed by atoms with Crippen LogP contribution in [-0.2, 0) is 30.3 Å². The number of carbonyl (C=O) groups is 4. The third-order valence-corrected chi connectivity index (χ3v) is 7.76. The number of phenols is 1. The van der Waals surface area contributed by atoms with Crippen LogP contribution in [0.3, 0.4) is 0 Å². The second kappa shape index (κ2) is 15.2. The Hall–Kier alpha value is -4.08. The minimum atomic E-state index is -1.31. The van der Waals surface area contributed by atoms with Gasteiger partial charge in [0.15, 0.2) is 0 Å². The molecule has 1 aliphatic carbocycles. The maximum absolute atomic E-state index is 14.6. The van der Waals surface area contributed by atoms with Crippen molar-refractivity contribution in [3.05, 3.63) is 65.2 Å². The van der Waals surface area contributed by atoms with Crippen LogP contribution in [0.15, 0.2) is 48.5 Å². The molecular weight excluding hydrogens is 598 g/mol. The van der Waals surface area contributed by atoms with Crippen LogP contribution in [0.5, 0.6) is 5.75 Å². The number of phenolic OH excluding ortho intramolecular Hbond substituents is 1. The molecule has 2 aromatic carbocycles. The number of rotatable bonds is 12. The van der Waals surface area contributed by atoms with Crippen molar-refractivity contribution in [3.63, 3.8) is 0 Å². The predicted octanol–water partition coefficient (Wildman–Crippen LogP) is 5.99. The number of nitrogens with zero attached hydrogens (tertiary/aromatic N) is 1. The molecule has 3 N–H and O–H groups in total. The molecule has 1 aliphatic rings. The Labute approximate surface area is 279 Å².